The summed E-state index contributed by atoms with van der Waals surface area (Å²) in [5.41, 5.74) is 2.05. The van der Waals surface area contributed by atoms with Gasteiger partial charge in [-0.15, -0.1) is 0 Å². The maximum Gasteiger partial charge on any atom is 0.363 e. The fraction of sp³-hybridized carbons (Fsp3) is 0. The molecule has 0 aliphatic carbocycles. The highest BCUT2D eigenvalue weighted by atomic mass is 79.9. The molecule has 3 aromatic heterocycles. The van der Waals surface area contributed by atoms with Crippen molar-refractivity contribution >= 4 is 43.6 Å². The van der Waals surface area contributed by atoms with Gasteiger partial charge < -0.3 is 4.42 Å². The van der Waals surface area contributed by atoms with Crippen LogP contribution in [0.25, 0.3) is 27.6 Å². The zero-order valence-electron chi connectivity index (χ0n) is 9.63. The number of nitrogens with zero attached hydrogens (tertiary/aromatic N) is 2. The Kier molecular flexibility index (Phi) is 2.08. The molecular formula is C14H7BrN2O2. The van der Waals surface area contributed by atoms with E-state index in [0.717, 1.165) is 15.5 Å². The van der Waals surface area contributed by atoms with Gasteiger partial charge in [-0.1, -0.05) is 22.0 Å². The molecule has 0 aliphatic heterocycles. The Morgan fingerprint density at radius 2 is 2.11 bits per heavy atom. The maximum atomic E-state index is 12.1. The van der Waals surface area contributed by atoms with Crippen LogP contribution in [0, 0.1) is 0 Å². The molecule has 92 valence electrons. The van der Waals surface area contributed by atoms with E-state index in [0.29, 0.717) is 16.6 Å². The highest BCUT2D eigenvalue weighted by molar-refractivity contribution is 9.10. The molecule has 1 aromatic carbocycles. The van der Waals surface area contributed by atoms with E-state index in [2.05, 4.69) is 20.9 Å². The van der Waals surface area contributed by atoms with Crippen LogP contribution in [0.1, 0.15) is 0 Å². The summed E-state index contributed by atoms with van der Waals surface area (Å²) < 4.78 is 8.00. The summed E-state index contributed by atoms with van der Waals surface area (Å²) >= 11 is 3.37. The van der Waals surface area contributed by atoms with Gasteiger partial charge in [0.1, 0.15) is 16.7 Å². The zero-order chi connectivity index (χ0) is 13.0. The molecule has 0 bridgehead atoms. The Balaban J connectivity index is 2.36. The minimum absolute atomic E-state index is 0.376. The molecule has 0 radical (unpaired) electrons. The second kappa shape index (κ2) is 3.68. The van der Waals surface area contributed by atoms with Gasteiger partial charge in [-0.2, -0.15) is 0 Å². The summed E-state index contributed by atoms with van der Waals surface area (Å²) in [6.07, 6.45) is 1.81. The van der Waals surface area contributed by atoms with E-state index in [1.165, 1.54) is 0 Å². The van der Waals surface area contributed by atoms with Gasteiger partial charge in [0.25, 0.3) is 0 Å². The molecule has 0 amide bonds. The Hall–Kier alpha value is -2.14. The quantitative estimate of drug-likeness (QED) is 0.468. The molecule has 5 heteroatoms. The third kappa shape index (κ3) is 1.45. The summed E-state index contributed by atoms with van der Waals surface area (Å²) in [5, 5.41) is 0.835. The van der Waals surface area contributed by atoms with Gasteiger partial charge in [0.15, 0.2) is 5.52 Å². The van der Waals surface area contributed by atoms with E-state index in [-0.39, 0.29) is 5.63 Å². The van der Waals surface area contributed by atoms with E-state index in [1.807, 2.05) is 36.5 Å². The van der Waals surface area contributed by atoms with Crippen LogP contribution in [0.4, 0.5) is 0 Å². The largest absolute Gasteiger partial charge is 0.421 e. The lowest BCUT2D eigenvalue weighted by Crippen LogP contribution is -2.02. The van der Waals surface area contributed by atoms with Gasteiger partial charge >= 0.3 is 5.63 Å². The van der Waals surface area contributed by atoms with E-state index in [4.69, 9.17) is 4.42 Å². The van der Waals surface area contributed by atoms with Crippen molar-refractivity contribution in [2.24, 2.45) is 0 Å². The molecule has 0 spiro atoms. The summed E-state index contributed by atoms with van der Waals surface area (Å²) in [5.74, 6) is 0. The van der Waals surface area contributed by atoms with Crippen LogP contribution < -0.4 is 5.63 Å². The number of rotatable bonds is 0. The number of pyridine rings is 1. The normalized spacial score (nSPS) is 11.6. The third-order valence-corrected chi connectivity index (χ3v) is 3.62. The highest BCUT2D eigenvalue weighted by Gasteiger charge is 2.13. The van der Waals surface area contributed by atoms with Crippen molar-refractivity contribution in [3.8, 4) is 0 Å². The number of hydrogen-bond acceptors (Lipinski definition) is 3. The summed E-state index contributed by atoms with van der Waals surface area (Å²) in [7, 11) is 0. The first-order chi connectivity index (χ1) is 9.24. The topological polar surface area (TPSA) is 47.5 Å². The maximum absolute atomic E-state index is 12.1. The molecule has 4 aromatic rings. The second-order valence-electron chi connectivity index (χ2n) is 4.27. The van der Waals surface area contributed by atoms with Crippen molar-refractivity contribution in [3.05, 3.63) is 57.5 Å². The second-order valence-corrected chi connectivity index (χ2v) is 5.18. The Morgan fingerprint density at radius 3 is 3.00 bits per heavy atom. The van der Waals surface area contributed by atoms with Crippen molar-refractivity contribution in [3.63, 3.8) is 0 Å². The van der Waals surface area contributed by atoms with Crippen molar-refractivity contribution in [2.75, 3.05) is 0 Å². The Labute approximate surface area is 115 Å². The van der Waals surface area contributed by atoms with Crippen LogP contribution in [0.2, 0.25) is 0 Å². The van der Waals surface area contributed by atoms with Gasteiger partial charge in [0, 0.05) is 16.1 Å². The average molecular weight is 315 g/mol. The van der Waals surface area contributed by atoms with Crippen molar-refractivity contribution in [2.45, 2.75) is 0 Å². The molecule has 0 atom stereocenters. The lowest BCUT2D eigenvalue weighted by molar-refractivity contribution is 0.567. The van der Waals surface area contributed by atoms with Crippen LogP contribution in [0.3, 0.4) is 0 Å². The highest BCUT2D eigenvalue weighted by Crippen LogP contribution is 2.25. The zero-order valence-corrected chi connectivity index (χ0v) is 11.2. The minimum Gasteiger partial charge on any atom is -0.421 e. The SMILES string of the molecule is O=c1oc2cc(Br)ccc2c2nc3ccccn3c12. The number of fused-ring (bicyclic) bond motifs is 5. The summed E-state index contributed by atoms with van der Waals surface area (Å²) in [4.78, 5) is 16.7. The predicted molar refractivity (Wildman–Crippen MR) is 76.4 cm³/mol. The van der Waals surface area contributed by atoms with Gasteiger partial charge in [-0.25, -0.2) is 9.78 Å². The molecule has 3 heterocycles. The van der Waals surface area contributed by atoms with Gasteiger partial charge in [0.05, 0.1) is 0 Å². The fourth-order valence-electron chi connectivity index (χ4n) is 2.30. The van der Waals surface area contributed by atoms with E-state index in [1.54, 1.807) is 10.5 Å². The molecule has 19 heavy (non-hydrogen) atoms. The van der Waals surface area contributed by atoms with Crippen molar-refractivity contribution in [1.29, 1.82) is 0 Å². The summed E-state index contributed by atoms with van der Waals surface area (Å²) in [6.45, 7) is 0. The Morgan fingerprint density at radius 1 is 1.21 bits per heavy atom. The molecule has 0 fully saturated rings. The lowest BCUT2D eigenvalue weighted by atomic mass is 10.2. The summed E-state index contributed by atoms with van der Waals surface area (Å²) in [6, 6.07) is 11.2. The minimum atomic E-state index is -0.376. The van der Waals surface area contributed by atoms with Gasteiger partial charge in [0.2, 0.25) is 0 Å². The van der Waals surface area contributed by atoms with Gasteiger partial charge in [-0.05, 0) is 30.3 Å². The molecule has 0 saturated heterocycles. The molecule has 0 aliphatic rings. The fourth-order valence-corrected chi connectivity index (χ4v) is 2.64. The molecular weight excluding hydrogens is 308 g/mol. The molecule has 0 unspecified atom stereocenters. The monoisotopic (exact) mass is 314 g/mol. The van der Waals surface area contributed by atoms with E-state index >= 15 is 0 Å². The number of imidazole rings is 1. The molecule has 0 N–H and O–H groups in total. The molecule has 4 nitrogen and oxygen atoms in total. The first-order valence-corrected chi connectivity index (χ1v) is 6.52. The van der Waals surface area contributed by atoms with Crippen LogP contribution in [0.15, 0.2) is 56.3 Å². The predicted octanol–water partition coefficient (Wildman–Crippen LogP) is 3.36. The lowest BCUT2D eigenvalue weighted by Gasteiger charge is -1.98. The van der Waals surface area contributed by atoms with Crippen LogP contribution in [-0.2, 0) is 0 Å². The number of aromatic nitrogens is 2. The smallest absolute Gasteiger partial charge is 0.363 e. The Bertz CT molecular complexity index is 1000. The average Bonchev–Trinajstić information content (AvgIpc) is 2.78. The number of hydrogen-bond donors (Lipinski definition) is 0. The number of halogens is 1. The standard InChI is InChI=1S/C14H7BrN2O2/c15-8-4-5-9-10(7-8)19-14(18)13-12(9)16-11-3-1-2-6-17(11)13/h1-7H. The first kappa shape index (κ1) is 10.8. The number of benzene rings is 1. The van der Waals surface area contributed by atoms with Crippen molar-refractivity contribution in [1.82, 2.24) is 9.38 Å². The van der Waals surface area contributed by atoms with Crippen LogP contribution in [0.5, 0.6) is 0 Å². The van der Waals surface area contributed by atoms with E-state index < -0.39 is 0 Å². The third-order valence-electron chi connectivity index (χ3n) is 3.12. The van der Waals surface area contributed by atoms with E-state index in [9.17, 15) is 4.79 Å². The van der Waals surface area contributed by atoms with Gasteiger partial charge in [-0.3, -0.25) is 4.40 Å². The molecule has 0 saturated carbocycles. The molecule has 4 rings (SSSR count). The first-order valence-electron chi connectivity index (χ1n) is 5.73. The van der Waals surface area contributed by atoms with Crippen LogP contribution >= 0.6 is 15.9 Å². The van der Waals surface area contributed by atoms with Crippen LogP contribution in [-0.4, -0.2) is 9.38 Å². The van der Waals surface area contributed by atoms with Crippen molar-refractivity contribution < 1.29 is 4.42 Å².